The van der Waals surface area contributed by atoms with E-state index in [1.54, 1.807) is 30.5 Å². The molecule has 0 bridgehead atoms. The van der Waals surface area contributed by atoms with E-state index in [2.05, 4.69) is 20.6 Å². The van der Waals surface area contributed by atoms with Crippen LogP contribution in [-0.4, -0.2) is 60.4 Å². The van der Waals surface area contributed by atoms with Crippen molar-refractivity contribution in [1.29, 1.82) is 0 Å². The van der Waals surface area contributed by atoms with Gasteiger partial charge >= 0.3 is 0 Å². The van der Waals surface area contributed by atoms with Crippen LogP contribution >= 0.6 is 0 Å². The van der Waals surface area contributed by atoms with Gasteiger partial charge in [0.1, 0.15) is 5.69 Å². The molecule has 0 aromatic carbocycles. The highest BCUT2D eigenvalue weighted by Crippen LogP contribution is 2.19. The first-order valence-electron chi connectivity index (χ1n) is 7.64. The molecule has 1 aliphatic rings. The first-order valence-corrected chi connectivity index (χ1v) is 7.64. The van der Waals surface area contributed by atoms with E-state index in [0.717, 1.165) is 12.1 Å². The third-order valence-corrected chi connectivity index (χ3v) is 4.11. The standard InChI is InChI=1S/C15H19N7O2/c1-20-10-16-7-11(20)3-4-14(23)17-8-12-5-6-22(12)15(24)13-9-18-19-21(13)2/h3-4,7,9-10,12H,5-6,8H2,1-2H3,(H,17,23)/b4-3+. The number of hydrogen-bond acceptors (Lipinski definition) is 5. The summed E-state index contributed by atoms with van der Waals surface area (Å²) in [5.74, 6) is -0.309. The van der Waals surface area contributed by atoms with Crippen molar-refractivity contribution in [3.63, 3.8) is 0 Å². The number of carbonyl (C=O) groups excluding carboxylic acids is 2. The normalized spacial score (nSPS) is 17.1. The Hall–Kier alpha value is -2.97. The second-order valence-corrected chi connectivity index (χ2v) is 5.69. The Kier molecular flexibility index (Phi) is 4.41. The highest BCUT2D eigenvalue weighted by Gasteiger charge is 2.34. The minimum absolute atomic E-state index is 0.00135. The summed E-state index contributed by atoms with van der Waals surface area (Å²) in [6.45, 7) is 1.10. The van der Waals surface area contributed by atoms with Gasteiger partial charge in [-0.2, -0.15) is 0 Å². The zero-order valence-electron chi connectivity index (χ0n) is 13.6. The molecule has 2 amide bonds. The topological polar surface area (TPSA) is 97.9 Å². The Labute approximate surface area is 139 Å². The fourth-order valence-electron chi connectivity index (χ4n) is 2.52. The summed E-state index contributed by atoms with van der Waals surface area (Å²) in [6.07, 6.45) is 8.83. The molecule has 0 saturated carbocycles. The van der Waals surface area contributed by atoms with Gasteiger partial charge in [-0.15, -0.1) is 5.10 Å². The number of nitrogens with zero attached hydrogens (tertiary/aromatic N) is 6. The number of amides is 2. The van der Waals surface area contributed by atoms with Crippen molar-refractivity contribution in [3.05, 3.63) is 36.2 Å². The lowest BCUT2D eigenvalue weighted by Gasteiger charge is -2.40. The molecule has 0 aliphatic carbocycles. The van der Waals surface area contributed by atoms with Crippen molar-refractivity contribution in [2.75, 3.05) is 13.1 Å². The van der Waals surface area contributed by atoms with Crippen LogP contribution in [0.4, 0.5) is 0 Å². The number of aryl methyl sites for hydroxylation is 2. The lowest BCUT2D eigenvalue weighted by atomic mass is 10.0. The fraction of sp³-hybridized carbons (Fsp3) is 0.400. The number of rotatable bonds is 5. The van der Waals surface area contributed by atoms with Crippen LogP contribution in [0.1, 0.15) is 22.6 Å². The molecule has 2 aromatic rings. The Balaban J connectivity index is 1.51. The van der Waals surface area contributed by atoms with Gasteiger partial charge in [0.15, 0.2) is 0 Å². The molecule has 0 spiro atoms. The van der Waals surface area contributed by atoms with Gasteiger partial charge < -0.3 is 14.8 Å². The van der Waals surface area contributed by atoms with Gasteiger partial charge in [0, 0.05) is 33.3 Å². The van der Waals surface area contributed by atoms with E-state index < -0.39 is 0 Å². The van der Waals surface area contributed by atoms with Crippen LogP contribution in [0.3, 0.4) is 0 Å². The maximum absolute atomic E-state index is 12.4. The van der Waals surface area contributed by atoms with Crippen molar-refractivity contribution < 1.29 is 9.59 Å². The highest BCUT2D eigenvalue weighted by atomic mass is 16.2. The summed E-state index contributed by atoms with van der Waals surface area (Å²) in [7, 11) is 3.54. The predicted molar refractivity (Wildman–Crippen MR) is 85.7 cm³/mol. The number of nitrogens with one attached hydrogen (secondary N) is 1. The van der Waals surface area contributed by atoms with Crippen molar-refractivity contribution in [2.24, 2.45) is 14.1 Å². The van der Waals surface area contributed by atoms with Crippen molar-refractivity contribution in [1.82, 2.24) is 34.8 Å². The molecule has 1 atom stereocenters. The Morgan fingerprint density at radius 3 is 2.79 bits per heavy atom. The van der Waals surface area contributed by atoms with Gasteiger partial charge in [0.25, 0.3) is 5.91 Å². The molecule has 1 unspecified atom stereocenters. The molecule has 1 aliphatic heterocycles. The number of carbonyl (C=O) groups is 2. The molecule has 9 heteroatoms. The van der Waals surface area contributed by atoms with Crippen LogP contribution in [0.15, 0.2) is 24.8 Å². The smallest absolute Gasteiger partial charge is 0.274 e. The van der Waals surface area contributed by atoms with Crippen molar-refractivity contribution in [3.8, 4) is 0 Å². The first kappa shape index (κ1) is 15.9. The SMILES string of the molecule is Cn1cncc1/C=C/C(=O)NCC1CCN1C(=O)c1cnnn1C. The summed E-state index contributed by atoms with van der Waals surface area (Å²) in [4.78, 5) is 30.0. The van der Waals surface area contributed by atoms with Crippen LogP contribution in [0.2, 0.25) is 0 Å². The average molecular weight is 329 g/mol. The number of aromatic nitrogens is 5. The lowest BCUT2D eigenvalue weighted by Crippen LogP contribution is -2.56. The zero-order chi connectivity index (χ0) is 17.1. The van der Waals surface area contributed by atoms with Gasteiger partial charge in [-0.1, -0.05) is 5.21 Å². The van der Waals surface area contributed by atoms with Gasteiger partial charge in [0.05, 0.1) is 30.5 Å². The second kappa shape index (κ2) is 6.65. The summed E-state index contributed by atoms with van der Waals surface area (Å²) in [5, 5.41) is 10.3. The number of likely N-dealkylation sites (tertiary alicyclic amines) is 1. The molecule has 3 rings (SSSR count). The van der Waals surface area contributed by atoms with E-state index in [4.69, 9.17) is 0 Å². The molecule has 126 valence electrons. The van der Waals surface area contributed by atoms with E-state index in [0.29, 0.717) is 18.8 Å². The molecule has 9 nitrogen and oxygen atoms in total. The second-order valence-electron chi connectivity index (χ2n) is 5.69. The monoisotopic (exact) mass is 329 g/mol. The lowest BCUT2D eigenvalue weighted by molar-refractivity contribution is -0.116. The Morgan fingerprint density at radius 1 is 1.38 bits per heavy atom. The minimum Gasteiger partial charge on any atom is -0.350 e. The average Bonchev–Trinajstić information content (AvgIpc) is 3.12. The van der Waals surface area contributed by atoms with E-state index in [-0.39, 0.29) is 17.9 Å². The Morgan fingerprint density at radius 2 is 2.21 bits per heavy atom. The van der Waals surface area contributed by atoms with E-state index in [9.17, 15) is 9.59 Å². The largest absolute Gasteiger partial charge is 0.350 e. The van der Waals surface area contributed by atoms with Gasteiger partial charge in [0.2, 0.25) is 5.91 Å². The van der Waals surface area contributed by atoms with E-state index in [1.807, 2.05) is 11.6 Å². The van der Waals surface area contributed by atoms with E-state index in [1.165, 1.54) is 17.0 Å². The molecule has 24 heavy (non-hydrogen) atoms. The summed E-state index contributed by atoms with van der Waals surface area (Å²) < 4.78 is 3.27. The summed E-state index contributed by atoms with van der Waals surface area (Å²) in [6, 6.07) is 0.00135. The molecular weight excluding hydrogens is 310 g/mol. The van der Waals surface area contributed by atoms with Crippen molar-refractivity contribution >= 4 is 17.9 Å². The maximum atomic E-state index is 12.4. The maximum Gasteiger partial charge on any atom is 0.274 e. The van der Waals surface area contributed by atoms with Gasteiger partial charge in [-0.3, -0.25) is 9.59 Å². The zero-order valence-corrected chi connectivity index (χ0v) is 13.6. The summed E-state index contributed by atoms with van der Waals surface area (Å²) in [5.41, 5.74) is 1.29. The molecule has 0 radical (unpaired) electrons. The molecule has 3 heterocycles. The molecular formula is C15H19N7O2. The third-order valence-electron chi connectivity index (χ3n) is 4.11. The highest BCUT2D eigenvalue weighted by molar-refractivity contribution is 5.93. The van der Waals surface area contributed by atoms with Gasteiger partial charge in [-0.05, 0) is 12.5 Å². The van der Waals surface area contributed by atoms with Crippen LogP contribution in [-0.2, 0) is 18.9 Å². The van der Waals surface area contributed by atoms with Crippen LogP contribution in [0.5, 0.6) is 0 Å². The summed E-state index contributed by atoms with van der Waals surface area (Å²) >= 11 is 0. The number of hydrogen-bond donors (Lipinski definition) is 1. The molecule has 1 fully saturated rings. The molecule has 2 aromatic heterocycles. The third kappa shape index (κ3) is 3.19. The van der Waals surface area contributed by atoms with E-state index >= 15 is 0 Å². The number of imidazole rings is 1. The fourth-order valence-corrected chi connectivity index (χ4v) is 2.52. The van der Waals surface area contributed by atoms with Gasteiger partial charge in [-0.25, -0.2) is 9.67 Å². The minimum atomic E-state index is -0.197. The van der Waals surface area contributed by atoms with Crippen LogP contribution < -0.4 is 5.32 Å². The van der Waals surface area contributed by atoms with Crippen LogP contribution in [0.25, 0.3) is 6.08 Å². The first-order chi connectivity index (χ1) is 11.6. The predicted octanol–water partition coefficient (Wildman–Crippen LogP) is -0.407. The van der Waals surface area contributed by atoms with Crippen molar-refractivity contribution in [2.45, 2.75) is 12.5 Å². The molecule has 1 N–H and O–H groups in total. The van der Waals surface area contributed by atoms with Crippen LogP contribution in [0, 0.1) is 0 Å². The Bertz CT molecular complexity index is 776. The molecule has 1 saturated heterocycles. The quantitative estimate of drug-likeness (QED) is 0.752.